The molecule has 1 saturated heterocycles. The van der Waals surface area contributed by atoms with Gasteiger partial charge in [-0.2, -0.15) is 4.65 Å². The molecule has 3 aliphatic rings. The number of hydroxylamine groups is 3. The molecule has 0 amide bonds. The van der Waals surface area contributed by atoms with E-state index in [0.29, 0.717) is 29.9 Å². The number of hydrogen-bond acceptors (Lipinski definition) is 5. The maximum absolute atomic E-state index is 11.8. The Morgan fingerprint density at radius 3 is 2.77 bits per heavy atom. The number of rotatable bonds is 4. The number of nitrogens with zero attached hydrogens (tertiary/aromatic N) is 1. The minimum atomic E-state index is -0.0104. The van der Waals surface area contributed by atoms with Crippen LogP contribution in [0.25, 0.3) is 10.9 Å². The third-order valence-corrected chi connectivity index (χ3v) is 8.99. The Labute approximate surface area is 205 Å². The Kier molecular flexibility index (Phi) is 5.47. The third kappa shape index (κ3) is 3.68. The van der Waals surface area contributed by atoms with Gasteiger partial charge in [-0.3, -0.25) is 0 Å². The first-order chi connectivity index (χ1) is 16.9. The first kappa shape index (κ1) is 22.7. The zero-order valence-electron chi connectivity index (χ0n) is 20.6. The zero-order valence-corrected chi connectivity index (χ0v) is 20.6. The van der Waals surface area contributed by atoms with Gasteiger partial charge in [0.15, 0.2) is 11.5 Å². The molecule has 1 fully saturated rings. The fourth-order valence-electron chi connectivity index (χ4n) is 7.17. The highest BCUT2D eigenvalue weighted by molar-refractivity contribution is 5.86. The van der Waals surface area contributed by atoms with Crippen LogP contribution in [0.1, 0.15) is 60.7 Å². The summed E-state index contributed by atoms with van der Waals surface area (Å²) in [6, 6.07) is 9.57. The van der Waals surface area contributed by atoms with Gasteiger partial charge >= 0.3 is 0 Å². The van der Waals surface area contributed by atoms with Gasteiger partial charge in [-0.25, -0.2) is 5.21 Å². The van der Waals surface area contributed by atoms with Gasteiger partial charge in [-0.05, 0) is 73.2 Å². The number of fused-ring (bicyclic) bond motifs is 6. The molecular weight excluding hydrogens is 442 g/mol. The highest BCUT2D eigenvalue weighted by Gasteiger charge is 2.51. The standard InChI is InChI=1S/C28H35N3O4/c1-3-16-15-31(34)9-7-17-12-26(33)27(35-2)14-21(17)25(31)11-18(16)10-24-28-20(6-8-29-24)22-13-19(32)4-5-23(22)30-28/h4-5,12-14,16,18,24-25,29-30,34H,3,6-11,15H2,1-2H3,(H-,32,33)/p+1/t16-,18-,24+,25-,31-/m0/s1. The van der Waals surface area contributed by atoms with Crippen LogP contribution in [0, 0.1) is 11.8 Å². The molecule has 0 radical (unpaired) electrons. The van der Waals surface area contributed by atoms with E-state index in [4.69, 9.17) is 4.74 Å². The van der Waals surface area contributed by atoms with Crippen LogP contribution in [0.4, 0.5) is 0 Å². The van der Waals surface area contributed by atoms with E-state index < -0.39 is 0 Å². The first-order valence-electron chi connectivity index (χ1n) is 13.0. The second kappa shape index (κ2) is 8.43. The topological polar surface area (TPSA) is 97.7 Å². The molecule has 1 aromatic heterocycles. The molecule has 6 rings (SSSR count). The fraction of sp³-hybridized carbons (Fsp3) is 0.500. The molecule has 0 unspecified atom stereocenters. The van der Waals surface area contributed by atoms with E-state index in [-0.39, 0.29) is 22.5 Å². The lowest BCUT2D eigenvalue weighted by Crippen LogP contribution is -2.58. The van der Waals surface area contributed by atoms with Crippen LogP contribution in [0.15, 0.2) is 30.3 Å². The fourth-order valence-corrected chi connectivity index (χ4v) is 7.17. The van der Waals surface area contributed by atoms with E-state index in [1.807, 2.05) is 24.3 Å². The number of phenols is 2. The molecule has 3 aromatic rings. The number of aromatic nitrogens is 1. The maximum Gasteiger partial charge on any atom is 0.161 e. The van der Waals surface area contributed by atoms with Crippen molar-refractivity contribution in [2.24, 2.45) is 11.8 Å². The van der Waals surface area contributed by atoms with Crippen molar-refractivity contribution >= 4 is 10.9 Å². The smallest absolute Gasteiger partial charge is 0.161 e. The van der Waals surface area contributed by atoms with Crippen LogP contribution in [0.3, 0.4) is 0 Å². The lowest BCUT2D eigenvalue weighted by Gasteiger charge is -2.50. The van der Waals surface area contributed by atoms with Crippen LogP contribution in [0.5, 0.6) is 17.2 Å². The number of hydrogen-bond donors (Lipinski definition) is 5. The number of ether oxygens (including phenoxy) is 1. The molecule has 0 saturated carbocycles. The van der Waals surface area contributed by atoms with Crippen LogP contribution >= 0.6 is 0 Å². The summed E-state index contributed by atoms with van der Waals surface area (Å²) in [6.45, 7) is 4.61. The molecule has 0 bridgehead atoms. The predicted octanol–water partition coefficient (Wildman–Crippen LogP) is 4.71. The van der Waals surface area contributed by atoms with E-state index >= 15 is 0 Å². The summed E-state index contributed by atoms with van der Waals surface area (Å²) in [7, 11) is 1.58. The van der Waals surface area contributed by atoms with Gasteiger partial charge in [0.2, 0.25) is 0 Å². The van der Waals surface area contributed by atoms with Crippen LogP contribution in [0.2, 0.25) is 0 Å². The van der Waals surface area contributed by atoms with Crippen LogP contribution < -0.4 is 10.1 Å². The summed E-state index contributed by atoms with van der Waals surface area (Å²) in [6.07, 6.45) is 4.67. The normalized spacial score (nSPS) is 29.9. The summed E-state index contributed by atoms with van der Waals surface area (Å²) in [5, 5.41) is 37.0. The van der Waals surface area contributed by atoms with Gasteiger partial charge in [0.1, 0.15) is 24.9 Å². The molecule has 35 heavy (non-hydrogen) atoms. The molecule has 4 heterocycles. The SMILES string of the molecule is CC[C@H]1C[N@@+]2(O)CCc3cc(O)c(OC)cc3[C@@H]2C[C@@H]1C[C@H]1NCCc2c1[nH]c1ccc(O)cc21. The van der Waals surface area contributed by atoms with Crippen LogP contribution in [-0.4, -0.2) is 51.8 Å². The molecule has 5 atom stereocenters. The number of piperidine rings is 1. The Morgan fingerprint density at radius 2 is 1.97 bits per heavy atom. The van der Waals surface area contributed by atoms with Gasteiger partial charge in [0, 0.05) is 47.0 Å². The number of methoxy groups -OCH3 is 1. The summed E-state index contributed by atoms with van der Waals surface area (Å²) in [4.78, 5) is 3.65. The number of quaternary nitrogens is 1. The molecule has 7 nitrogen and oxygen atoms in total. The summed E-state index contributed by atoms with van der Waals surface area (Å²) < 4.78 is 5.51. The second-order valence-electron chi connectivity index (χ2n) is 10.8. The second-order valence-corrected chi connectivity index (χ2v) is 10.8. The number of nitrogens with one attached hydrogen (secondary N) is 2. The summed E-state index contributed by atoms with van der Waals surface area (Å²) in [5.41, 5.74) is 5.89. The Balaban J connectivity index is 1.33. The molecule has 0 spiro atoms. The Hall–Kier alpha value is -2.74. The minimum absolute atomic E-state index is 0.0104. The maximum atomic E-state index is 11.8. The van der Waals surface area contributed by atoms with Crippen molar-refractivity contribution in [2.45, 2.75) is 51.1 Å². The zero-order chi connectivity index (χ0) is 24.3. The summed E-state index contributed by atoms with van der Waals surface area (Å²) >= 11 is 0. The van der Waals surface area contributed by atoms with Crippen molar-refractivity contribution in [2.75, 3.05) is 26.7 Å². The van der Waals surface area contributed by atoms with Gasteiger partial charge in [-0.15, -0.1) is 0 Å². The number of aromatic amines is 1. The van der Waals surface area contributed by atoms with Gasteiger partial charge in [-0.1, -0.05) is 6.92 Å². The molecule has 7 heteroatoms. The number of aromatic hydroxyl groups is 2. The van der Waals surface area contributed by atoms with Gasteiger partial charge in [0.05, 0.1) is 7.11 Å². The Bertz CT molecular complexity index is 1270. The van der Waals surface area contributed by atoms with Crippen molar-refractivity contribution < 1.29 is 24.8 Å². The van der Waals surface area contributed by atoms with E-state index in [0.717, 1.165) is 67.2 Å². The molecular formula is C28H36N3O4+. The molecule has 3 aliphatic heterocycles. The van der Waals surface area contributed by atoms with Crippen molar-refractivity contribution in [3.05, 3.63) is 52.7 Å². The number of benzene rings is 2. The van der Waals surface area contributed by atoms with Gasteiger partial charge < -0.3 is 25.3 Å². The van der Waals surface area contributed by atoms with E-state index in [9.17, 15) is 15.4 Å². The molecule has 5 N–H and O–H groups in total. The quantitative estimate of drug-likeness (QED) is 0.350. The predicted molar refractivity (Wildman–Crippen MR) is 134 cm³/mol. The number of H-pyrrole nitrogens is 1. The lowest BCUT2D eigenvalue weighted by atomic mass is 9.72. The highest BCUT2D eigenvalue weighted by atomic mass is 16.5. The highest BCUT2D eigenvalue weighted by Crippen LogP contribution is 2.50. The first-order valence-corrected chi connectivity index (χ1v) is 13.0. The van der Waals surface area contributed by atoms with E-state index in [2.05, 4.69) is 17.2 Å². The third-order valence-electron chi connectivity index (χ3n) is 8.99. The van der Waals surface area contributed by atoms with Crippen molar-refractivity contribution in [3.8, 4) is 17.2 Å². The molecule has 2 aromatic carbocycles. The van der Waals surface area contributed by atoms with Crippen molar-refractivity contribution in [1.82, 2.24) is 10.3 Å². The number of phenolic OH excluding ortho intramolecular Hbond substituents is 2. The van der Waals surface area contributed by atoms with Crippen LogP contribution in [-0.2, 0) is 12.8 Å². The van der Waals surface area contributed by atoms with Gasteiger partial charge in [0.25, 0.3) is 0 Å². The van der Waals surface area contributed by atoms with Crippen molar-refractivity contribution in [3.63, 3.8) is 0 Å². The summed E-state index contributed by atoms with van der Waals surface area (Å²) in [5.74, 6) is 1.86. The molecule has 186 valence electrons. The molecule has 0 aliphatic carbocycles. The minimum Gasteiger partial charge on any atom is -0.508 e. The monoisotopic (exact) mass is 478 g/mol. The Morgan fingerprint density at radius 1 is 1.11 bits per heavy atom. The van der Waals surface area contributed by atoms with E-state index in [1.54, 1.807) is 13.2 Å². The lowest BCUT2D eigenvalue weighted by molar-refractivity contribution is -1.13. The average molecular weight is 479 g/mol. The van der Waals surface area contributed by atoms with E-state index in [1.165, 1.54) is 11.3 Å². The largest absolute Gasteiger partial charge is 0.508 e. The van der Waals surface area contributed by atoms with Crippen molar-refractivity contribution in [1.29, 1.82) is 0 Å². The average Bonchev–Trinajstić information content (AvgIpc) is 3.22.